The Morgan fingerprint density at radius 3 is 2.41 bits per heavy atom. The van der Waals surface area contributed by atoms with E-state index in [0.29, 0.717) is 11.3 Å². The number of aryl methyl sites for hydroxylation is 1. The summed E-state index contributed by atoms with van der Waals surface area (Å²) in [7, 11) is -2.10. The molecule has 0 amide bonds. The van der Waals surface area contributed by atoms with E-state index in [1.54, 1.807) is 24.3 Å². The Morgan fingerprint density at radius 1 is 1.03 bits per heavy atom. The van der Waals surface area contributed by atoms with Gasteiger partial charge in [0.05, 0.1) is 21.7 Å². The van der Waals surface area contributed by atoms with Crippen LogP contribution < -0.4 is 10.3 Å². The van der Waals surface area contributed by atoms with Crippen molar-refractivity contribution in [3.05, 3.63) is 70.6 Å². The van der Waals surface area contributed by atoms with Crippen LogP contribution in [0.15, 0.2) is 74.1 Å². The second-order valence-electron chi connectivity index (χ2n) is 6.38. The van der Waals surface area contributed by atoms with Gasteiger partial charge in [0.2, 0.25) is 10.0 Å². The molecular weight excluding hydrogens is 408 g/mol. The standard InChI is InChI=1S/C20H18N4O3S2/c1-12-19(20(25)24-23-12)17-11-18(15-5-3-4-6-16(15)22-17)28-13-7-9-14(10-8-13)29(26,27)21-2/h3-11,21H,1-2H3,(H2,23,24,25). The molecule has 3 N–H and O–H groups in total. The van der Waals surface area contributed by atoms with Crippen molar-refractivity contribution >= 4 is 32.7 Å². The topological polar surface area (TPSA) is 108 Å². The zero-order valence-electron chi connectivity index (χ0n) is 15.7. The molecule has 2 aromatic carbocycles. The first-order valence-corrected chi connectivity index (χ1v) is 11.1. The molecular formula is C20H18N4O3S2. The largest absolute Gasteiger partial charge is 0.302 e. The van der Waals surface area contributed by atoms with E-state index in [9.17, 15) is 13.2 Å². The third kappa shape index (κ3) is 3.71. The number of para-hydroxylation sites is 1. The van der Waals surface area contributed by atoms with E-state index < -0.39 is 10.0 Å². The van der Waals surface area contributed by atoms with Crippen molar-refractivity contribution in [2.75, 3.05) is 7.05 Å². The minimum Gasteiger partial charge on any atom is -0.302 e. The number of fused-ring (bicyclic) bond motifs is 1. The number of H-pyrrole nitrogens is 2. The molecule has 0 radical (unpaired) electrons. The van der Waals surface area contributed by atoms with Crippen LogP contribution in [0.2, 0.25) is 0 Å². The fraction of sp³-hybridized carbons (Fsp3) is 0.100. The number of aromatic amines is 2. The summed E-state index contributed by atoms with van der Waals surface area (Å²) in [5.74, 6) is 0. The lowest BCUT2D eigenvalue weighted by Gasteiger charge is -2.10. The smallest absolute Gasteiger partial charge is 0.273 e. The number of benzene rings is 2. The van der Waals surface area contributed by atoms with Crippen LogP contribution >= 0.6 is 11.8 Å². The number of hydrogen-bond donors (Lipinski definition) is 3. The Bertz CT molecular complexity index is 1360. The van der Waals surface area contributed by atoms with Crippen molar-refractivity contribution in [1.29, 1.82) is 0 Å². The number of pyridine rings is 1. The van der Waals surface area contributed by atoms with Crippen LogP contribution in [0.1, 0.15) is 5.69 Å². The van der Waals surface area contributed by atoms with E-state index in [4.69, 9.17) is 0 Å². The average molecular weight is 427 g/mol. The second-order valence-corrected chi connectivity index (χ2v) is 9.38. The molecule has 0 bridgehead atoms. The van der Waals surface area contributed by atoms with Gasteiger partial charge in [-0.1, -0.05) is 30.0 Å². The van der Waals surface area contributed by atoms with Crippen molar-refractivity contribution in [1.82, 2.24) is 19.9 Å². The van der Waals surface area contributed by atoms with Gasteiger partial charge in [0, 0.05) is 20.9 Å². The van der Waals surface area contributed by atoms with Crippen LogP contribution in [0.4, 0.5) is 0 Å². The van der Waals surface area contributed by atoms with Gasteiger partial charge in [-0.2, -0.15) is 0 Å². The van der Waals surface area contributed by atoms with E-state index in [1.165, 1.54) is 18.8 Å². The SMILES string of the molecule is CNS(=O)(=O)c1ccc(Sc2cc(-c3c(C)[nH][nH]c3=O)nc3ccccc23)cc1. The number of aromatic nitrogens is 3. The number of nitrogens with zero attached hydrogens (tertiary/aromatic N) is 1. The van der Waals surface area contributed by atoms with Crippen LogP contribution in [0.5, 0.6) is 0 Å². The molecule has 4 rings (SSSR count). The highest BCUT2D eigenvalue weighted by molar-refractivity contribution is 7.99. The number of rotatable bonds is 5. The summed E-state index contributed by atoms with van der Waals surface area (Å²) in [5.41, 5.74) is 2.37. The monoisotopic (exact) mass is 426 g/mol. The zero-order valence-corrected chi connectivity index (χ0v) is 17.3. The predicted octanol–water partition coefficient (Wildman–Crippen LogP) is 3.29. The van der Waals surface area contributed by atoms with Crippen molar-refractivity contribution in [3.8, 4) is 11.3 Å². The minimum atomic E-state index is -3.48. The normalized spacial score (nSPS) is 11.8. The molecule has 4 aromatic rings. The highest BCUT2D eigenvalue weighted by Gasteiger charge is 2.15. The first-order valence-electron chi connectivity index (χ1n) is 8.78. The Kier molecular flexibility index (Phi) is 5.03. The highest BCUT2D eigenvalue weighted by atomic mass is 32.2. The summed E-state index contributed by atoms with van der Waals surface area (Å²) in [6.07, 6.45) is 0. The maximum atomic E-state index is 12.2. The van der Waals surface area contributed by atoms with Gasteiger partial charge >= 0.3 is 0 Å². The summed E-state index contributed by atoms with van der Waals surface area (Å²) < 4.78 is 26.2. The first-order chi connectivity index (χ1) is 13.9. The van der Waals surface area contributed by atoms with E-state index in [0.717, 1.165) is 26.4 Å². The van der Waals surface area contributed by atoms with Crippen molar-refractivity contribution in [2.45, 2.75) is 21.6 Å². The number of nitrogens with one attached hydrogen (secondary N) is 3. The van der Waals surface area contributed by atoms with Gasteiger partial charge in [-0.3, -0.25) is 9.89 Å². The molecule has 0 saturated heterocycles. The van der Waals surface area contributed by atoms with Gasteiger partial charge in [0.15, 0.2) is 0 Å². The van der Waals surface area contributed by atoms with Gasteiger partial charge < -0.3 is 5.10 Å². The molecule has 0 spiro atoms. The Hall–Kier alpha value is -2.88. The summed E-state index contributed by atoms with van der Waals surface area (Å²) in [6.45, 7) is 1.82. The third-order valence-electron chi connectivity index (χ3n) is 4.53. The Labute approximate surface area is 171 Å². The van der Waals surface area contributed by atoms with E-state index in [-0.39, 0.29) is 10.5 Å². The van der Waals surface area contributed by atoms with Crippen LogP contribution in [0.3, 0.4) is 0 Å². The van der Waals surface area contributed by atoms with Gasteiger partial charge in [0.25, 0.3) is 5.56 Å². The fourth-order valence-corrected chi connectivity index (χ4v) is 4.75. The van der Waals surface area contributed by atoms with Crippen molar-refractivity contribution in [2.24, 2.45) is 0 Å². The van der Waals surface area contributed by atoms with Gasteiger partial charge in [0.1, 0.15) is 0 Å². The Balaban J connectivity index is 1.80. The molecule has 0 atom stereocenters. The summed E-state index contributed by atoms with van der Waals surface area (Å²) in [6, 6.07) is 16.3. The Morgan fingerprint density at radius 2 is 1.76 bits per heavy atom. The van der Waals surface area contributed by atoms with Crippen LogP contribution in [0, 0.1) is 6.92 Å². The van der Waals surface area contributed by atoms with Crippen LogP contribution in [0.25, 0.3) is 22.2 Å². The van der Waals surface area contributed by atoms with Gasteiger partial charge in [-0.05, 0) is 50.4 Å². The molecule has 0 aliphatic heterocycles. The number of hydrogen-bond acceptors (Lipinski definition) is 5. The van der Waals surface area contributed by atoms with Crippen LogP contribution in [-0.2, 0) is 10.0 Å². The van der Waals surface area contributed by atoms with Crippen molar-refractivity contribution in [3.63, 3.8) is 0 Å². The first kappa shape index (κ1) is 19.4. The molecule has 0 saturated carbocycles. The second kappa shape index (κ2) is 7.51. The average Bonchev–Trinajstić information content (AvgIpc) is 3.06. The fourth-order valence-electron chi connectivity index (χ4n) is 3.04. The lowest BCUT2D eigenvalue weighted by molar-refractivity contribution is 0.588. The third-order valence-corrected chi connectivity index (χ3v) is 7.03. The van der Waals surface area contributed by atoms with Gasteiger partial charge in [-0.15, -0.1) is 0 Å². The lowest BCUT2D eigenvalue weighted by atomic mass is 10.1. The predicted molar refractivity (Wildman–Crippen MR) is 114 cm³/mol. The summed E-state index contributed by atoms with van der Waals surface area (Å²) in [5, 5.41) is 6.38. The molecule has 2 heterocycles. The molecule has 9 heteroatoms. The van der Waals surface area contributed by atoms with E-state index >= 15 is 0 Å². The summed E-state index contributed by atoms with van der Waals surface area (Å²) in [4.78, 5) is 18.9. The maximum Gasteiger partial charge on any atom is 0.273 e. The molecule has 0 aliphatic rings. The zero-order chi connectivity index (χ0) is 20.6. The molecule has 0 aliphatic carbocycles. The maximum absolute atomic E-state index is 12.2. The van der Waals surface area contributed by atoms with Crippen molar-refractivity contribution < 1.29 is 8.42 Å². The molecule has 0 unspecified atom stereocenters. The molecule has 148 valence electrons. The van der Waals surface area contributed by atoms with Crippen LogP contribution in [-0.4, -0.2) is 30.6 Å². The van der Waals surface area contributed by atoms with E-state index in [1.807, 2.05) is 37.3 Å². The van der Waals surface area contributed by atoms with E-state index in [2.05, 4.69) is 19.9 Å². The molecule has 0 fully saturated rings. The highest BCUT2D eigenvalue weighted by Crippen LogP contribution is 2.36. The van der Waals surface area contributed by atoms with Gasteiger partial charge in [-0.25, -0.2) is 18.1 Å². The number of sulfonamides is 1. The quantitative estimate of drug-likeness (QED) is 0.454. The minimum absolute atomic E-state index is 0.208. The summed E-state index contributed by atoms with van der Waals surface area (Å²) >= 11 is 1.49. The lowest BCUT2D eigenvalue weighted by Crippen LogP contribution is -2.18. The molecule has 7 nitrogen and oxygen atoms in total. The molecule has 2 aromatic heterocycles. The molecule has 29 heavy (non-hydrogen) atoms.